The van der Waals surface area contributed by atoms with Gasteiger partial charge in [0.15, 0.2) is 0 Å². The molecule has 0 saturated heterocycles. The van der Waals surface area contributed by atoms with Crippen molar-refractivity contribution in [3.63, 3.8) is 0 Å². The fourth-order valence-corrected chi connectivity index (χ4v) is 1.56. The number of aliphatic hydroxyl groups is 1. The summed E-state index contributed by atoms with van der Waals surface area (Å²) in [5, 5.41) is 9.16. The van der Waals surface area contributed by atoms with Gasteiger partial charge in [0, 0.05) is 12.6 Å². The zero-order valence-electron chi connectivity index (χ0n) is 16.7. The fraction of sp³-hybridized carbons (Fsp3) is 0.722. The van der Waals surface area contributed by atoms with E-state index in [-0.39, 0.29) is 31.5 Å². The molecular formula is C18H33NO7. The van der Waals surface area contributed by atoms with Gasteiger partial charge in [0.25, 0.3) is 0 Å². The number of hydrogen-bond acceptors (Lipinski definition) is 7. The van der Waals surface area contributed by atoms with Gasteiger partial charge in [-0.25, -0.2) is 9.59 Å². The van der Waals surface area contributed by atoms with E-state index in [0.29, 0.717) is 13.2 Å². The first-order chi connectivity index (χ1) is 12.0. The van der Waals surface area contributed by atoms with Crippen LogP contribution in [0.4, 0.5) is 4.79 Å². The standard InChI is InChI=1S/C13H25NO5.C5H8O2/c1-6-18-11(16)7-8-14(10(2)9-15)12(17)19-13(3,4)5;1-3-5(6)7-4-2/h10,15H,6-9H2,1-5H3;3H,1,4H2,2H3/t10-;/m1./s1. The fourth-order valence-electron chi connectivity index (χ4n) is 1.56. The van der Waals surface area contributed by atoms with Gasteiger partial charge in [-0.3, -0.25) is 4.79 Å². The second-order valence-corrected chi connectivity index (χ2v) is 6.22. The monoisotopic (exact) mass is 375 g/mol. The molecule has 0 aromatic carbocycles. The third kappa shape index (κ3) is 14.3. The second-order valence-electron chi connectivity index (χ2n) is 6.22. The molecule has 0 bridgehead atoms. The van der Waals surface area contributed by atoms with Crippen LogP contribution in [0, 0.1) is 0 Å². The predicted octanol–water partition coefficient (Wildman–Crippen LogP) is 2.29. The third-order valence-corrected chi connectivity index (χ3v) is 2.74. The minimum Gasteiger partial charge on any atom is -0.466 e. The van der Waals surface area contributed by atoms with Crippen LogP contribution in [0.1, 0.15) is 48.0 Å². The highest BCUT2D eigenvalue weighted by Gasteiger charge is 2.26. The highest BCUT2D eigenvalue weighted by molar-refractivity contribution is 5.81. The molecular weight excluding hydrogens is 342 g/mol. The molecule has 0 spiro atoms. The van der Waals surface area contributed by atoms with Crippen molar-refractivity contribution < 1.29 is 33.7 Å². The van der Waals surface area contributed by atoms with E-state index < -0.39 is 17.7 Å². The van der Waals surface area contributed by atoms with E-state index in [9.17, 15) is 14.4 Å². The van der Waals surface area contributed by atoms with Crippen molar-refractivity contribution in [2.75, 3.05) is 26.4 Å². The lowest BCUT2D eigenvalue weighted by Crippen LogP contribution is -2.44. The Kier molecular flexibility index (Phi) is 14.2. The molecule has 0 aliphatic rings. The van der Waals surface area contributed by atoms with Gasteiger partial charge in [-0.1, -0.05) is 6.58 Å². The molecule has 0 fully saturated rings. The molecule has 8 nitrogen and oxygen atoms in total. The van der Waals surface area contributed by atoms with Crippen LogP contribution in [0.2, 0.25) is 0 Å². The molecule has 0 saturated carbocycles. The summed E-state index contributed by atoms with van der Waals surface area (Å²) in [7, 11) is 0. The Bertz CT molecular complexity index is 443. The third-order valence-electron chi connectivity index (χ3n) is 2.74. The minimum absolute atomic E-state index is 0.0808. The number of ether oxygens (including phenoxy) is 3. The van der Waals surface area contributed by atoms with Crippen molar-refractivity contribution in [2.45, 2.75) is 59.6 Å². The molecule has 0 unspecified atom stereocenters. The molecule has 0 aromatic heterocycles. The second kappa shape index (κ2) is 14.1. The first kappa shape index (κ1) is 26.1. The molecule has 0 aliphatic heterocycles. The van der Waals surface area contributed by atoms with E-state index in [4.69, 9.17) is 14.6 Å². The Hall–Kier alpha value is -2.09. The van der Waals surface area contributed by atoms with Crippen molar-refractivity contribution in [3.05, 3.63) is 12.7 Å². The zero-order chi connectivity index (χ0) is 20.8. The topological polar surface area (TPSA) is 102 Å². The summed E-state index contributed by atoms with van der Waals surface area (Å²) in [6.07, 6.45) is 0.680. The highest BCUT2D eigenvalue weighted by atomic mass is 16.6. The largest absolute Gasteiger partial charge is 0.466 e. The molecule has 0 rings (SSSR count). The van der Waals surface area contributed by atoms with Crippen LogP contribution in [0.25, 0.3) is 0 Å². The first-order valence-electron chi connectivity index (χ1n) is 8.57. The van der Waals surface area contributed by atoms with Gasteiger partial charge in [0.2, 0.25) is 0 Å². The van der Waals surface area contributed by atoms with E-state index >= 15 is 0 Å². The maximum Gasteiger partial charge on any atom is 0.410 e. The summed E-state index contributed by atoms with van der Waals surface area (Å²) in [4.78, 5) is 34.7. The zero-order valence-corrected chi connectivity index (χ0v) is 16.7. The summed E-state index contributed by atoms with van der Waals surface area (Å²) >= 11 is 0. The first-order valence-corrected chi connectivity index (χ1v) is 8.57. The summed E-state index contributed by atoms with van der Waals surface area (Å²) in [6.45, 7) is 14.4. The van der Waals surface area contributed by atoms with Gasteiger partial charge in [0.05, 0.1) is 32.3 Å². The van der Waals surface area contributed by atoms with Gasteiger partial charge in [-0.05, 0) is 41.5 Å². The van der Waals surface area contributed by atoms with E-state index in [0.717, 1.165) is 6.08 Å². The Morgan fingerprint density at radius 2 is 1.69 bits per heavy atom. The lowest BCUT2D eigenvalue weighted by molar-refractivity contribution is -0.143. The van der Waals surface area contributed by atoms with Crippen LogP contribution in [0.3, 0.4) is 0 Å². The average Bonchev–Trinajstić information content (AvgIpc) is 2.54. The van der Waals surface area contributed by atoms with Crippen molar-refractivity contribution in [1.82, 2.24) is 4.90 Å². The van der Waals surface area contributed by atoms with Crippen molar-refractivity contribution in [3.8, 4) is 0 Å². The number of nitrogens with zero attached hydrogens (tertiary/aromatic N) is 1. The van der Waals surface area contributed by atoms with Crippen LogP contribution in [-0.2, 0) is 23.8 Å². The van der Waals surface area contributed by atoms with Crippen LogP contribution >= 0.6 is 0 Å². The molecule has 1 atom stereocenters. The summed E-state index contributed by atoms with van der Waals surface area (Å²) in [6, 6.07) is -0.413. The smallest absolute Gasteiger partial charge is 0.410 e. The number of carbonyl (C=O) groups excluding carboxylic acids is 3. The van der Waals surface area contributed by atoms with E-state index in [1.54, 1.807) is 41.5 Å². The maximum atomic E-state index is 12.0. The molecule has 1 amide bonds. The normalized spacial score (nSPS) is 11.3. The predicted molar refractivity (Wildman–Crippen MR) is 97.6 cm³/mol. The van der Waals surface area contributed by atoms with Gasteiger partial charge < -0.3 is 24.2 Å². The van der Waals surface area contributed by atoms with E-state index in [1.165, 1.54) is 4.90 Å². The molecule has 0 aliphatic carbocycles. The van der Waals surface area contributed by atoms with Gasteiger partial charge >= 0.3 is 18.0 Å². The Morgan fingerprint density at radius 1 is 1.15 bits per heavy atom. The SMILES string of the molecule is C=CC(=O)OCC.CCOC(=O)CCN(C(=O)OC(C)(C)C)[C@H](C)CO. The molecule has 1 N–H and O–H groups in total. The van der Waals surface area contributed by atoms with Crippen molar-refractivity contribution in [1.29, 1.82) is 0 Å². The van der Waals surface area contributed by atoms with Gasteiger partial charge in [-0.2, -0.15) is 0 Å². The molecule has 0 radical (unpaired) electrons. The number of amides is 1. The molecule has 152 valence electrons. The molecule has 8 heteroatoms. The van der Waals surface area contributed by atoms with Gasteiger partial charge in [-0.15, -0.1) is 0 Å². The summed E-state index contributed by atoms with van der Waals surface area (Å²) < 4.78 is 14.5. The Morgan fingerprint density at radius 3 is 2.04 bits per heavy atom. The maximum absolute atomic E-state index is 12.0. The van der Waals surface area contributed by atoms with Crippen LogP contribution in [-0.4, -0.2) is 66.0 Å². The Balaban J connectivity index is 0. The summed E-state index contributed by atoms with van der Waals surface area (Å²) in [5.74, 6) is -0.733. The van der Waals surface area contributed by atoms with E-state index in [2.05, 4.69) is 11.3 Å². The van der Waals surface area contributed by atoms with Crippen LogP contribution < -0.4 is 0 Å². The number of hydrogen-bond donors (Lipinski definition) is 1. The van der Waals surface area contributed by atoms with Gasteiger partial charge in [0.1, 0.15) is 5.60 Å². The van der Waals surface area contributed by atoms with Crippen LogP contribution in [0.15, 0.2) is 12.7 Å². The number of aliphatic hydroxyl groups excluding tert-OH is 1. The molecule has 26 heavy (non-hydrogen) atoms. The van der Waals surface area contributed by atoms with E-state index in [1.807, 2.05) is 0 Å². The minimum atomic E-state index is -0.617. The average molecular weight is 375 g/mol. The molecule has 0 aromatic rings. The Labute approximate surface area is 156 Å². The quantitative estimate of drug-likeness (QED) is 0.394. The van der Waals surface area contributed by atoms with Crippen molar-refractivity contribution in [2.24, 2.45) is 0 Å². The summed E-state index contributed by atoms with van der Waals surface area (Å²) in [5.41, 5.74) is -0.617. The number of rotatable bonds is 8. The highest BCUT2D eigenvalue weighted by Crippen LogP contribution is 2.12. The lowest BCUT2D eigenvalue weighted by Gasteiger charge is -2.30. The molecule has 0 heterocycles. The lowest BCUT2D eigenvalue weighted by atomic mass is 10.2. The van der Waals surface area contributed by atoms with Crippen LogP contribution in [0.5, 0.6) is 0 Å². The van der Waals surface area contributed by atoms with Crippen molar-refractivity contribution >= 4 is 18.0 Å². The number of esters is 2. The number of carbonyl (C=O) groups is 3.